The Morgan fingerprint density at radius 1 is 1.67 bits per heavy atom. The summed E-state index contributed by atoms with van der Waals surface area (Å²) in [5.41, 5.74) is -0.743. The smallest absolute Gasteiger partial charge is 0.313 e. The minimum Gasteiger partial charge on any atom is -0.469 e. The van der Waals surface area contributed by atoms with Gasteiger partial charge in [0.1, 0.15) is 12.5 Å². The molecular weight excluding hydrogens is 160 g/mol. The zero-order valence-corrected chi connectivity index (χ0v) is 7.42. The quantitative estimate of drug-likeness (QED) is 0.536. The van der Waals surface area contributed by atoms with Gasteiger partial charge in [-0.15, -0.1) is 0 Å². The number of hydrogen-bond acceptors (Lipinski definition) is 4. The van der Waals surface area contributed by atoms with Crippen molar-refractivity contribution in [1.82, 2.24) is 0 Å². The minimum absolute atomic E-state index is 0.137. The summed E-state index contributed by atoms with van der Waals surface area (Å²) < 4.78 is 9.31. The lowest BCUT2D eigenvalue weighted by atomic mass is 9.81. The van der Waals surface area contributed by atoms with Gasteiger partial charge in [-0.2, -0.15) is 0 Å². The number of methoxy groups -OCH3 is 1. The number of ether oxygens (including phenoxy) is 2. The van der Waals surface area contributed by atoms with E-state index in [9.17, 15) is 9.59 Å². The number of hydrogen-bond donors (Lipinski definition) is 0. The summed E-state index contributed by atoms with van der Waals surface area (Å²) in [5, 5.41) is 0. The molecule has 1 unspecified atom stereocenters. The van der Waals surface area contributed by atoms with Gasteiger partial charge < -0.3 is 9.47 Å². The standard InChI is InChI=1S/C8H12O4/c1-8(2)5(6(9)11-3)4-12-7(8)10/h5H,4H2,1-3H3. The molecule has 12 heavy (non-hydrogen) atoms. The van der Waals surface area contributed by atoms with Crippen LogP contribution in [0, 0.1) is 11.3 Å². The molecule has 4 heteroatoms. The van der Waals surface area contributed by atoms with E-state index in [1.54, 1.807) is 13.8 Å². The summed E-state index contributed by atoms with van der Waals surface area (Å²) in [4.78, 5) is 22.2. The summed E-state index contributed by atoms with van der Waals surface area (Å²) in [6.45, 7) is 3.51. The fraction of sp³-hybridized carbons (Fsp3) is 0.750. The first-order valence-electron chi connectivity index (χ1n) is 3.75. The molecular formula is C8H12O4. The Labute approximate surface area is 70.8 Å². The van der Waals surface area contributed by atoms with Crippen LogP contribution in [0.2, 0.25) is 0 Å². The van der Waals surface area contributed by atoms with E-state index in [4.69, 9.17) is 4.74 Å². The van der Waals surface area contributed by atoms with Crippen LogP contribution in [0.15, 0.2) is 0 Å². The first-order valence-corrected chi connectivity index (χ1v) is 3.75. The molecule has 1 fully saturated rings. The Balaban J connectivity index is 2.81. The van der Waals surface area contributed by atoms with Crippen molar-refractivity contribution >= 4 is 11.9 Å². The normalized spacial score (nSPS) is 26.6. The molecule has 0 aromatic heterocycles. The van der Waals surface area contributed by atoms with E-state index < -0.39 is 11.3 Å². The highest BCUT2D eigenvalue weighted by atomic mass is 16.6. The summed E-state index contributed by atoms with van der Waals surface area (Å²) in [7, 11) is 1.31. The number of carbonyl (C=O) groups excluding carboxylic acids is 2. The summed E-state index contributed by atoms with van der Waals surface area (Å²) in [6.07, 6.45) is 0. The van der Waals surface area contributed by atoms with Gasteiger partial charge in [0.25, 0.3) is 0 Å². The van der Waals surface area contributed by atoms with Gasteiger partial charge in [-0.05, 0) is 13.8 Å². The predicted molar refractivity (Wildman–Crippen MR) is 40.2 cm³/mol. The Morgan fingerprint density at radius 3 is 2.58 bits per heavy atom. The van der Waals surface area contributed by atoms with Crippen molar-refractivity contribution in [3.63, 3.8) is 0 Å². The second kappa shape index (κ2) is 2.77. The van der Waals surface area contributed by atoms with Crippen LogP contribution < -0.4 is 0 Å². The van der Waals surface area contributed by atoms with Gasteiger partial charge in [0.15, 0.2) is 0 Å². The van der Waals surface area contributed by atoms with Gasteiger partial charge in [-0.25, -0.2) is 0 Å². The van der Waals surface area contributed by atoms with Gasteiger partial charge in [-0.1, -0.05) is 0 Å². The Morgan fingerprint density at radius 2 is 2.25 bits per heavy atom. The third kappa shape index (κ3) is 1.17. The number of cyclic esters (lactones) is 1. The van der Waals surface area contributed by atoms with Crippen molar-refractivity contribution in [2.24, 2.45) is 11.3 Å². The van der Waals surface area contributed by atoms with Gasteiger partial charge >= 0.3 is 11.9 Å². The van der Waals surface area contributed by atoms with E-state index >= 15 is 0 Å². The molecule has 0 aromatic carbocycles. The molecule has 0 spiro atoms. The molecule has 0 aliphatic carbocycles. The van der Waals surface area contributed by atoms with Crippen LogP contribution >= 0.6 is 0 Å². The predicted octanol–water partition coefficient (Wildman–Crippen LogP) is 0.359. The molecule has 0 aromatic rings. The monoisotopic (exact) mass is 172 g/mol. The molecule has 0 amide bonds. The largest absolute Gasteiger partial charge is 0.469 e. The van der Waals surface area contributed by atoms with Crippen molar-refractivity contribution in [3.8, 4) is 0 Å². The highest BCUT2D eigenvalue weighted by Crippen LogP contribution is 2.35. The van der Waals surface area contributed by atoms with E-state index in [1.165, 1.54) is 7.11 Å². The van der Waals surface area contributed by atoms with Crippen molar-refractivity contribution in [3.05, 3.63) is 0 Å². The maximum absolute atomic E-state index is 11.1. The van der Waals surface area contributed by atoms with Crippen LogP contribution in [0.3, 0.4) is 0 Å². The van der Waals surface area contributed by atoms with Crippen LogP contribution in [-0.2, 0) is 19.1 Å². The van der Waals surface area contributed by atoms with E-state index in [1.807, 2.05) is 0 Å². The highest BCUT2D eigenvalue weighted by molar-refractivity contribution is 5.87. The molecule has 0 radical (unpaired) electrons. The van der Waals surface area contributed by atoms with Crippen LogP contribution in [0.5, 0.6) is 0 Å². The first-order chi connectivity index (χ1) is 5.50. The van der Waals surface area contributed by atoms with E-state index in [2.05, 4.69) is 4.74 Å². The van der Waals surface area contributed by atoms with Crippen molar-refractivity contribution in [1.29, 1.82) is 0 Å². The van der Waals surface area contributed by atoms with Crippen molar-refractivity contribution in [2.75, 3.05) is 13.7 Å². The van der Waals surface area contributed by atoms with Crippen molar-refractivity contribution < 1.29 is 19.1 Å². The summed E-state index contributed by atoms with van der Waals surface area (Å²) >= 11 is 0. The molecule has 1 aliphatic heterocycles. The molecule has 68 valence electrons. The average molecular weight is 172 g/mol. The van der Waals surface area contributed by atoms with Crippen LogP contribution in [0.25, 0.3) is 0 Å². The number of esters is 2. The zero-order chi connectivity index (χ0) is 9.35. The molecule has 4 nitrogen and oxygen atoms in total. The van der Waals surface area contributed by atoms with Gasteiger partial charge in [0.2, 0.25) is 0 Å². The third-order valence-electron chi connectivity index (χ3n) is 2.26. The second-order valence-electron chi connectivity index (χ2n) is 3.40. The maximum atomic E-state index is 11.1. The Bertz CT molecular complexity index is 219. The molecule has 0 N–H and O–H groups in total. The fourth-order valence-electron chi connectivity index (χ4n) is 1.20. The highest BCUT2D eigenvalue weighted by Gasteiger charge is 2.49. The molecule has 1 aliphatic rings. The average Bonchev–Trinajstić information content (AvgIpc) is 2.27. The van der Waals surface area contributed by atoms with Gasteiger partial charge in [0, 0.05) is 0 Å². The lowest BCUT2D eigenvalue weighted by Crippen LogP contribution is -2.32. The molecule has 1 rings (SSSR count). The third-order valence-corrected chi connectivity index (χ3v) is 2.26. The number of carbonyl (C=O) groups is 2. The summed E-state index contributed by atoms with van der Waals surface area (Å²) in [5.74, 6) is -1.18. The Kier molecular flexibility index (Phi) is 2.08. The minimum atomic E-state index is -0.743. The van der Waals surface area contributed by atoms with Crippen LogP contribution in [0.4, 0.5) is 0 Å². The molecule has 1 heterocycles. The second-order valence-corrected chi connectivity index (χ2v) is 3.40. The molecule has 0 bridgehead atoms. The topological polar surface area (TPSA) is 52.6 Å². The first kappa shape index (κ1) is 9.03. The van der Waals surface area contributed by atoms with Crippen LogP contribution in [0.1, 0.15) is 13.8 Å². The van der Waals surface area contributed by atoms with E-state index in [-0.39, 0.29) is 18.5 Å². The zero-order valence-electron chi connectivity index (χ0n) is 7.42. The fourth-order valence-corrected chi connectivity index (χ4v) is 1.20. The van der Waals surface area contributed by atoms with Gasteiger partial charge in [-0.3, -0.25) is 9.59 Å². The van der Waals surface area contributed by atoms with E-state index in [0.29, 0.717) is 0 Å². The van der Waals surface area contributed by atoms with Gasteiger partial charge in [0.05, 0.1) is 12.5 Å². The van der Waals surface area contributed by atoms with Crippen molar-refractivity contribution in [2.45, 2.75) is 13.8 Å². The van der Waals surface area contributed by atoms with E-state index in [0.717, 1.165) is 0 Å². The lowest BCUT2D eigenvalue weighted by molar-refractivity contribution is -0.151. The van der Waals surface area contributed by atoms with Crippen LogP contribution in [-0.4, -0.2) is 25.7 Å². The lowest BCUT2D eigenvalue weighted by Gasteiger charge is -2.18. The molecule has 0 saturated carbocycles. The molecule has 1 atom stereocenters. The summed E-state index contributed by atoms with van der Waals surface area (Å²) in [6, 6.07) is 0. The maximum Gasteiger partial charge on any atom is 0.313 e. The molecule has 1 saturated heterocycles. The Hall–Kier alpha value is -1.06. The number of rotatable bonds is 1. The SMILES string of the molecule is COC(=O)C1COC(=O)C1(C)C.